The van der Waals surface area contributed by atoms with Crippen LogP contribution >= 0.6 is 11.6 Å². The summed E-state index contributed by atoms with van der Waals surface area (Å²) in [6.45, 7) is 2.43. The Morgan fingerprint density at radius 1 is 1.09 bits per heavy atom. The average molecular weight is 511 g/mol. The Bertz CT molecular complexity index is 1110. The van der Waals surface area contributed by atoms with Crippen LogP contribution in [0.3, 0.4) is 0 Å². The highest BCUT2D eigenvalue weighted by atomic mass is 35.5. The molecule has 0 aromatic heterocycles. The molecule has 0 radical (unpaired) electrons. The number of ether oxygens (including phenoxy) is 2. The van der Waals surface area contributed by atoms with Gasteiger partial charge in [0.15, 0.2) is 0 Å². The van der Waals surface area contributed by atoms with E-state index in [0.717, 1.165) is 6.07 Å². The lowest BCUT2D eigenvalue weighted by molar-refractivity contribution is -0.139. The molecule has 7 nitrogen and oxygen atoms in total. The van der Waals surface area contributed by atoms with Gasteiger partial charge in [0.05, 0.1) is 19.8 Å². The van der Waals surface area contributed by atoms with Crippen molar-refractivity contribution in [3.05, 3.63) is 59.4 Å². The van der Waals surface area contributed by atoms with Crippen molar-refractivity contribution >= 4 is 27.5 Å². The molecule has 2 aromatic carbocycles. The summed E-state index contributed by atoms with van der Waals surface area (Å²) in [6.07, 6.45) is 1.28. The lowest BCUT2D eigenvalue weighted by Crippen LogP contribution is -2.52. The fourth-order valence-electron chi connectivity index (χ4n) is 4.49. The standard InChI is InChI=1S/C24H28ClFN2O5S/c25-19-6-8-20(9-7-19)33-18-24(16-23(29)27-12-14-32-15-13-27)10-3-11-28(17-24)34(30,31)22-5-2-1-4-21(22)26/h1-2,4-9H,3,10-18H2/t24-/m1/s1. The summed E-state index contributed by atoms with van der Waals surface area (Å²) in [5, 5.41) is 0.574. The van der Waals surface area contributed by atoms with E-state index in [4.69, 9.17) is 21.1 Å². The first-order valence-electron chi connectivity index (χ1n) is 11.3. The van der Waals surface area contributed by atoms with Crippen LogP contribution in [0.4, 0.5) is 4.39 Å². The molecular formula is C24H28ClFN2O5S. The summed E-state index contributed by atoms with van der Waals surface area (Å²) in [5.74, 6) is -0.273. The highest BCUT2D eigenvalue weighted by Crippen LogP contribution is 2.38. The fraction of sp³-hybridized carbons (Fsp3) is 0.458. The summed E-state index contributed by atoms with van der Waals surface area (Å²) in [5.41, 5.74) is -0.758. The third kappa shape index (κ3) is 5.71. The normalized spacial score (nSPS) is 21.9. The van der Waals surface area contributed by atoms with Crippen LogP contribution in [0, 0.1) is 11.2 Å². The SMILES string of the molecule is O=C(C[C@]1(COc2ccc(Cl)cc2)CCCN(S(=O)(=O)c2ccccc2F)C1)N1CCOCC1. The summed E-state index contributed by atoms with van der Waals surface area (Å²) in [6, 6.07) is 12.2. The van der Waals surface area contributed by atoms with Crippen molar-refractivity contribution < 1.29 is 27.1 Å². The Balaban J connectivity index is 1.58. The number of piperidine rings is 1. The van der Waals surface area contributed by atoms with Gasteiger partial charge in [0.2, 0.25) is 15.9 Å². The Hall–Kier alpha value is -2.20. The van der Waals surface area contributed by atoms with Crippen molar-refractivity contribution in [1.29, 1.82) is 0 Å². The maximum atomic E-state index is 14.4. The molecule has 2 aliphatic rings. The lowest BCUT2D eigenvalue weighted by Gasteiger charge is -2.42. The number of carbonyl (C=O) groups is 1. The third-order valence-corrected chi connectivity index (χ3v) is 8.46. The summed E-state index contributed by atoms with van der Waals surface area (Å²) < 4.78 is 53.7. The average Bonchev–Trinajstić information content (AvgIpc) is 2.84. The molecule has 184 valence electrons. The van der Waals surface area contributed by atoms with Crippen molar-refractivity contribution in [1.82, 2.24) is 9.21 Å². The van der Waals surface area contributed by atoms with Crippen molar-refractivity contribution in [2.45, 2.75) is 24.2 Å². The van der Waals surface area contributed by atoms with Crippen LogP contribution in [0.5, 0.6) is 5.75 Å². The lowest BCUT2D eigenvalue weighted by atomic mass is 9.78. The monoisotopic (exact) mass is 510 g/mol. The third-order valence-electron chi connectivity index (χ3n) is 6.33. The molecule has 1 atom stereocenters. The molecule has 2 saturated heterocycles. The van der Waals surface area contributed by atoms with Crippen molar-refractivity contribution in [3.63, 3.8) is 0 Å². The van der Waals surface area contributed by atoms with E-state index in [1.54, 1.807) is 29.2 Å². The van der Waals surface area contributed by atoms with Gasteiger partial charge in [-0.05, 0) is 49.2 Å². The van der Waals surface area contributed by atoms with Crippen molar-refractivity contribution in [2.24, 2.45) is 5.41 Å². The van der Waals surface area contributed by atoms with Crippen LogP contribution in [0.25, 0.3) is 0 Å². The summed E-state index contributed by atoms with van der Waals surface area (Å²) in [7, 11) is -4.07. The van der Waals surface area contributed by atoms with Crippen LogP contribution in [0.15, 0.2) is 53.4 Å². The van der Waals surface area contributed by atoms with Gasteiger partial charge >= 0.3 is 0 Å². The van der Waals surface area contributed by atoms with Crippen LogP contribution in [0.2, 0.25) is 5.02 Å². The van der Waals surface area contributed by atoms with Gasteiger partial charge in [-0.1, -0.05) is 23.7 Å². The van der Waals surface area contributed by atoms with Crippen LogP contribution in [-0.2, 0) is 19.6 Å². The van der Waals surface area contributed by atoms with Gasteiger partial charge in [0, 0.05) is 43.0 Å². The maximum Gasteiger partial charge on any atom is 0.246 e. The van der Waals surface area contributed by atoms with Crippen molar-refractivity contribution in [3.8, 4) is 5.75 Å². The smallest absolute Gasteiger partial charge is 0.246 e. The van der Waals surface area contributed by atoms with Gasteiger partial charge in [0.25, 0.3) is 0 Å². The molecule has 0 unspecified atom stereocenters. The van der Waals surface area contributed by atoms with E-state index in [1.807, 2.05) is 0 Å². The number of nitrogens with zero attached hydrogens (tertiary/aromatic N) is 2. The molecule has 0 bridgehead atoms. The maximum absolute atomic E-state index is 14.4. The quantitative estimate of drug-likeness (QED) is 0.569. The van der Waals surface area contributed by atoms with Crippen LogP contribution in [-0.4, -0.2) is 69.5 Å². The van der Waals surface area contributed by atoms with E-state index < -0.39 is 21.3 Å². The number of halogens is 2. The number of benzene rings is 2. The molecule has 0 aliphatic carbocycles. The van der Waals surface area contributed by atoms with Crippen LogP contribution in [0.1, 0.15) is 19.3 Å². The Morgan fingerprint density at radius 3 is 2.50 bits per heavy atom. The van der Waals surface area contributed by atoms with E-state index in [2.05, 4.69) is 0 Å². The van der Waals surface area contributed by atoms with Gasteiger partial charge in [-0.2, -0.15) is 4.31 Å². The van der Waals surface area contributed by atoms with Gasteiger partial charge in [-0.25, -0.2) is 12.8 Å². The molecule has 10 heteroatoms. The van der Waals surface area contributed by atoms with Crippen LogP contribution < -0.4 is 4.74 Å². The fourth-order valence-corrected chi connectivity index (χ4v) is 6.27. The molecule has 2 fully saturated rings. The number of morpholine rings is 1. The Kier molecular flexibility index (Phi) is 7.77. The number of hydrogen-bond donors (Lipinski definition) is 0. The molecule has 0 N–H and O–H groups in total. The predicted octanol–water partition coefficient (Wildman–Crippen LogP) is 3.58. The van der Waals surface area contributed by atoms with Crippen molar-refractivity contribution in [2.75, 3.05) is 46.0 Å². The first kappa shape index (κ1) is 24.9. The van der Waals surface area contributed by atoms with E-state index >= 15 is 0 Å². The molecule has 34 heavy (non-hydrogen) atoms. The highest BCUT2D eigenvalue weighted by molar-refractivity contribution is 7.89. The topological polar surface area (TPSA) is 76.2 Å². The Labute approximate surface area is 204 Å². The van der Waals surface area contributed by atoms with Gasteiger partial charge < -0.3 is 14.4 Å². The van der Waals surface area contributed by atoms with Gasteiger partial charge in [-0.3, -0.25) is 4.79 Å². The molecular weight excluding hydrogens is 483 g/mol. The molecule has 0 saturated carbocycles. The first-order valence-corrected chi connectivity index (χ1v) is 13.1. The number of rotatable bonds is 7. The molecule has 2 heterocycles. The molecule has 1 amide bonds. The zero-order valence-electron chi connectivity index (χ0n) is 18.8. The minimum atomic E-state index is -4.07. The minimum Gasteiger partial charge on any atom is -0.493 e. The van der Waals surface area contributed by atoms with E-state index in [1.165, 1.54) is 22.5 Å². The van der Waals surface area contributed by atoms with E-state index in [0.29, 0.717) is 49.9 Å². The number of hydrogen-bond acceptors (Lipinski definition) is 5. The van der Waals surface area contributed by atoms with Gasteiger partial charge in [-0.15, -0.1) is 0 Å². The minimum absolute atomic E-state index is 0.0619. The second-order valence-corrected chi connectivity index (χ2v) is 11.1. The highest BCUT2D eigenvalue weighted by Gasteiger charge is 2.43. The molecule has 2 aliphatic heterocycles. The second kappa shape index (κ2) is 10.6. The van der Waals surface area contributed by atoms with Gasteiger partial charge in [0.1, 0.15) is 16.5 Å². The Morgan fingerprint density at radius 2 is 1.79 bits per heavy atom. The van der Waals surface area contributed by atoms with E-state index in [-0.39, 0.29) is 36.9 Å². The predicted molar refractivity (Wildman–Crippen MR) is 126 cm³/mol. The summed E-state index contributed by atoms with van der Waals surface area (Å²) >= 11 is 5.96. The largest absolute Gasteiger partial charge is 0.493 e. The molecule has 0 spiro atoms. The molecule has 2 aromatic rings. The zero-order valence-corrected chi connectivity index (χ0v) is 20.4. The zero-order chi connectivity index (χ0) is 24.2. The van der Waals surface area contributed by atoms with E-state index in [9.17, 15) is 17.6 Å². The first-order chi connectivity index (χ1) is 16.3. The summed E-state index contributed by atoms with van der Waals surface area (Å²) in [4.78, 5) is 14.6. The number of sulfonamides is 1. The number of amides is 1. The number of carbonyl (C=O) groups excluding carboxylic acids is 1. The molecule has 4 rings (SSSR count). The second-order valence-electron chi connectivity index (χ2n) is 8.79.